The first-order valence-electron chi connectivity index (χ1n) is 10.7. The van der Waals surface area contributed by atoms with Crippen LogP contribution < -0.4 is 5.32 Å². The third-order valence-corrected chi connectivity index (χ3v) is 6.78. The van der Waals surface area contributed by atoms with Crippen molar-refractivity contribution in [2.45, 2.75) is 44.8 Å². The normalized spacial score (nSPS) is 29.1. The van der Waals surface area contributed by atoms with Crippen molar-refractivity contribution in [1.82, 2.24) is 20.2 Å². The lowest BCUT2D eigenvalue weighted by molar-refractivity contribution is -0.128. The minimum absolute atomic E-state index is 0.0108. The van der Waals surface area contributed by atoms with Gasteiger partial charge in [-0.15, -0.1) is 0 Å². The van der Waals surface area contributed by atoms with Crippen LogP contribution in [0.4, 0.5) is 0 Å². The van der Waals surface area contributed by atoms with Crippen LogP contribution in [0.5, 0.6) is 0 Å². The standard InChI is InChI=1S/C22H28N4O3/c1-13(27)26-10-17-7-19(20(8-18(17)11-26)29-12-14-2-3-14)25-22(28)16-6-15-4-5-23-21(15)24-9-16/h4-6,9,14,17-20H,2-3,7-8,10-12H2,1H3,(H,23,24)(H,25,28)/t17-,18+,19-,20-/m0/s1. The number of pyridine rings is 1. The Bertz CT molecular complexity index is 922. The average molecular weight is 396 g/mol. The Kier molecular flexibility index (Phi) is 4.78. The maximum atomic E-state index is 13.0. The molecule has 3 aliphatic rings. The third-order valence-electron chi connectivity index (χ3n) is 6.78. The van der Waals surface area contributed by atoms with Crippen molar-refractivity contribution >= 4 is 22.8 Å². The number of likely N-dealkylation sites (tertiary alicyclic amines) is 1. The fourth-order valence-electron chi connectivity index (χ4n) is 4.87. The van der Waals surface area contributed by atoms with Gasteiger partial charge in [-0.1, -0.05) is 0 Å². The van der Waals surface area contributed by atoms with E-state index in [4.69, 9.17) is 4.74 Å². The Morgan fingerprint density at radius 3 is 2.83 bits per heavy atom. The van der Waals surface area contributed by atoms with Crippen LogP contribution in [0.3, 0.4) is 0 Å². The number of aromatic nitrogens is 2. The first-order chi connectivity index (χ1) is 14.1. The summed E-state index contributed by atoms with van der Waals surface area (Å²) in [4.78, 5) is 34.1. The molecule has 7 heteroatoms. The van der Waals surface area contributed by atoms with Gasteiger partial charge in [-0.2, -0.15) is 0 Å². The molecule has 5 rings (SSSR count). The average Bonchev–Trinajstić information content (AvgIpc) is 3.25. The SMILES string of the molecule is CC(=O)N1C[C@H]2C[C@H](OCC3CC3)[C@@H](NC(=O)c3cnc4[nH]ccc4c3)C[C@H]2C1. The van der Waals surface area contributed by atoms with Crippen molar-refractivity contribution < 1.29 is 14.3 Å². The highest BCUT2D eigenvalue weighted by molar-refractivity contribution is 5.97. The molecule has 0 unspecified atom stereocenters. The molecule has 29 heavy (non-hydrogen) atoms. The van der Waals surface area contributed by atoms with E-state index in [1.807, 2.05) is 23.2 Å². The molecule has 0 radical (unpaired) electrons. The predicted molar refractivity (Wildman–Crippen MR) is 108 cm³/mol. The number of hydrogen-bond acceptors (Lipinski definition) is 4. The molecule has 2 amide bonds. The zero-order valence-corrected chi connectivity index (χ0v) is 16.8. The lowest BCUT2D eigenvalue weighted by Crippen LogP contribution is -2.50. The Morgan fingerprint density at radius 2 is 2.07 bits per heavy atom. The van der Waals surface area contributed by atoms with Crippen LogP contribution >= 0.6 is 0 Å². The van der Waals surface area contributed by atoms with E-state index in [1.54, 1.807) is 13.1 Å². The molecule has 2 saturated carbocycles. The monoisotopic (exact) mass is 396 g/mol. The lowest BCUT2D eigenvalue weighted by Gasteiger charge is -2.38. The molecule has 2 N–H and O–H groups in total. The quantitative estimate of drug-likeness (QED) is 0.812. The van der Waals surface area contributed by atoms with E-state index in [0.29, 0.717) is 23.3 Å². The lowest BCUT2D eigenvalue weighted by atomic mass is 9.77. The number of carbonyl (C=O) groups excluding carboxylic acids is 2. The smallest absolute Gasteiger partial charge is 0.253 e. The van der Waals surface area contributed by atoms with E-state index < -0.39 is 0 Å². The van der Waals surface area contributed by atoms with E-state index in [2.05, 4.69) is 15.3 Å². The molecule has 4 atom stereocenters. The van der Waals surface area contributed by atoms with Crippen LogP contribution in [-0.4, -0.2) is 58.5 Å². The Labute approximate surface area is 170 Å². The van der Waals surface area contributed by atoms with Crippen molar-refractivity contribution in [2.24, 2.45) is 17.8 Å². The van der Waals surface area contributed by atoms with Gasteiger partial charge in [0.25, 0.3) is 5.91 Å². The molecule has 0 bridgehead atoms. The van der Waals surface area contributed by atoms with Crippen LogP contribution in [-0.2, 0) is 9.53 Å². The van der Waals surface area contributed by atoms with Gasteiger partial charge in [0, 0.05) is 44.4 Å². The van der Waals surface area contributed by atoms with Crippen LogP contribution in [0.15, 0.2) is 24.5 Å². The fourth-order valence-corrected chi connectivity index (χ4v) is 4.87. The number of nitrogens with one attached hydrogen (secondary N) is 2. The van der Waals surface area contributed by atoms with Gasteiger partial charge >= 0.3 is 0 Å². The van der Waals surface area contributed by atoms with Crippen molar-refractivity contribution in [3.63, 3.8) is 0 Å². The second-order valence-corrected chi connectivity index (χ2v) is 8.95. The molecular formula is C22H28N4O3. The van der Waals surface area contributed by atoms with E-state index in [-0.39, 0.29) is 24.0 Å². The number of nitrogens with zero attached hydrogens (tertiary/aromatic N) is 2. The second-order valence-electron chi connectivity index (χ2n) is 8.95. The zero-order valence-electron chi connectivity index (χ0n) is 16.8. The summed E-state index contributed by atoms with van der Waals surface area (Å²) in [5.41, 5.74) is 1.35. The number of aromatic amines is 1. The number of amides is 2. The van der Waals surface area contributed by atoms with Crippen LogP contribution in [0.2, 0.25) is 0 Å². The summed E-state index contributed by atoms with van der Waals surface area (Å²) in [6, 6.07) is 3.75. The largest absolute Gasteiger partial charge is 0.376 e. The fraction of sp³-hybridized carbons (Fsp3) is 0.591. The van der Waals surface area contributed by atoms with E-state index in [0.717, 1.165) is 43.6 Å². The minimum Gasteiger partial charge on any atom is -0.376 e. The van der Waals surface area contributed by atoms with Crippen molar-refractivity contribution in [3.05, 3.63) is 30.1 Å². The van der Waals surface area contributed by atoms with Crippen molar-refractivity contribution in [3.8, 4) is 0 Å². The molecule has 1 saturated heterocycles. The zero-order chi connectivity index (χ0) is 20.0. The number of rotatable bonds is 5. The van der Waals surface area contributed by atoms with Crippen molar-refractivity contribution in [2.75, 3.05) is 19.7 Å². The summed E-state index contributed by atoms with van der Waals surface area (Å²) in [6.07, 6.45) is 7.70. The molecule has 154 valence electrons. The van der Waals surface area contributed by atoms with Gasteiger partial charge in [-0.25, -0.2) is 4.98 Å². The van der Waals surface area contributed by atoms with Gasteiger partial charge in [-0.05, 0) is 55.6 Å². The molecule has 7 nitrogen and oxygen atoms in total. The Balaban J connectivity index is 1.30. The second kappa shape index (κ2) is 7.44. The highest BCUT2D eigenvalue weighted by Crippen LogP contribution is 2.39. The molecule has 2 aromatic rings. The van der Waals surface area contributed by atoms with Crippen LogP contribution in [0.25, 0.3) is 11.0 Å². The summed E-state index contributed by atoms with van der Waals surface area (Å²) in [7, 11) is 0. The molecule has 2 aliphatic carbocycles. The summed E-state index contributed by atoms with van der Waals surface area (Å²) in [5.74, 6) is 1.61. The number of carbonyl (C=O) groups is 2. The summed E-state index contributed by atoms with van der Waals surface area (Å²) >= 11 is 0. The van der Waals surface area contributed by atoms with E-state index >= 15 is 0 Å². The summed E-state index contributed by atoms with van der Waals surface area (Å²) in [5, 5.41) is 4.15. The molecule has 3 fully saturated rings. The molecule has 0 aromatic carbocycles. The maximum absolute atomic E-state index is 13.0. The van der Waals surface area contributed by atoms with E-state index in [9.17, 15) is 9.59 Å². The van der Waals surface area contributed by atoms with Crippen LogP contribution in [0, 0.1) is 17.8 Å². The van der Waals surface area contributed by atoms with Crippen LogP contribution in [0.1, 0.15) is 43.0 Å². The predicted octanol–water partition coefficient (Wildman–Crippen LogP) is 2.34. The first kappa shape index (κ1) is 18.6. The van der Waals surface area contributed by atoms with Crippen molar-refractivity contribution in [1.29, 1.82) is 0 Å². The number of fused-ring (bicyclic) bond motifs is 2. The van der Waals surface area contributed by atoms with E-state index in [1.165, 1.54) is 12.8 Å². The maximum Gasteiger partial charge on any atom is 0.253 e. The summed E-state index contributed by atoms with van der Waals surface area (Å²) in [6.45, 7) is 4.03. The summed E-state index contributed by atoms with van der Waals surface area (Å²) < 4.78 is 6.28. The molecule has 3 heterocycles. The topological polar surface area (TPSA) is 87.3 Å². The number of ether oxygens (including phenoxy) is 1. The van der Waals surface area contributed by atoms with Gasteiger partial charge < -0.3 is 19.9 Å². The molecule has 1 aliphatic heterocycles. The highest BCUT2D eigenvalue weighted by Gasteiger charge is 2.44. The van der Waals surface area contributed by atoms with Gasteiger partial charge in [0.2, 0.25) is 5.91 Å². The Morgan fingerprint density at radius 1 is 1.28 bits per heavy atom. The Hall–Kier alpha value is -2.41. The molecular weight excluding hydrogens is 368 g/mol. The van der Waals surface area contributed by atoms with Gasteiger partial charge in [0.15, 0.2) is 0 Å². The number of hydrogen-bond donors (Lipinski definition) is 2. The minimum atomic E-state index is -0.106. The highest BCUT2D eigenvalue weighted by atomic mass is 16.5. The third kappa shape index (κ3) is 3.88. The first-order valence-corrected chi connectivity index (χ1v) is 10.7. The molecule has 0 spiro atoms. The van der Waals surface area contributed by atoms with Gasteiger partial charge in [-0.3, -0.25) is 9.59 Å². The van der Waals surface area contributed by atoms with Gasteiger partial charge in [0.05, 0.1) is 17.7 Å². The number of H-pyrrole nitrogens is 1. The molecule has 2 aromatic heterocycles. The van der Waals surface area contributed by atoms with Gasteiger partial charge in [0.1, 0.15) is 5.65 Å².